The second-order valence-corrected chi connectivity index (χ2v) is 5.15. The van der Waals surface area contributed by atoms with E-state index < -0.39 is 0 Å². The maximum absolute atomic E-state index is 3.56. The number of hydrogen-bond acceptors (Lipinski definition) is 2. The van der Waals surface area contributed by atoms with Gasteiger partial charge in [-0.25, -0.2) is 0 Å². The molecule has 1 fully saturated rings. The molecule has 1 aliphatic heterocycles. The van der Waals surface area contributed by atoms with Gasteiger partial charge in [-0.15, -0.1) is 0 Å². The lowest BCUT2D eigenvalue weighted by Crippen LogP contribution is -2.53. The van der Waals surface area contributed by atoms with E-state index in [1.807, 2.05) is 0 Å². The number of aryl methyl sites for hydroxylation is 1. The number of piperazine rings is 1. The van der Waals surface area contributed by atoms with Crippen LogP contribution >= 0.6 is 0 Å². The van der Waals surface area contributed by atoms with Gasteiger partial charge in [0.15, 0.2) is 0 Å². The minimum atomic E-state index is 0.606. The van der Waals surface area contributed by atoms with Gasteiger partial charge in [0.25, 0.3) is 0 Å². The molecule has 1 saturated heterocycles. The second kappa shape index (κ2) is 4.98. The molecule has 0 aliphatic carbocycles. The Hall–Kier alpha value is -0.860. The molecule has 2 rings (SSSR count). The molecule has 1 aliphatic rings. The molecule has 1 heterocycles. The fourth-order valence-corrected chi connectivity index (χ4v) is 2.52. The minimum Gasteiger partial charge on any atom is -0.309 e. The maximum atomic E-state index is 3.56. The van der Waals surface area contributed by atoms with Crippen molar-refractivity contribution in [3.05, 3.63) is 35.4 Å². The van der Waals surface area contributed by atoms with Gasteiger partial charge in [-0.05, 0) is 26.3 Å². The Balaban J connectivity index is 1.96. The van der Waals surface area contributed by atoms with Crippen LogP contribution in [0.25, 0.3) is 0 Å². The first-order valence-electron chi connectivity index (χ1n) is 6.17. The van der Waals surface area contributed by atoms with Crippen molar-refractivity contribution >= 4 is 0 Å². The van der Waals surface area contributed by atoms with E-state index in [0.717, 1.165) is 19.6 Å². The molecule has 16 heavy (non-hydrogen) atoms. The molecule has 0 spiro atoms. The van der Waals surface area contributed by atoms with Crippen molar-refractivity contribution < 1.29 is 0 Å². The van der Waals surface area contributed by atoms with E-state index in [9.17, 15) is 0 Å². The van der Waals surface area contributed by atoms with Gasteiger partial charge in [-0.3, -0.25) is 4.90 Å². The second-order valence-electron chi connectivity index (χ2n) is 5.15. The molecule has 1 aromatic carbocycles. The van der Waals surface area contributed by atoms with Gasteiger partial charge in [0.1, 0.15) is 0 Å². The van der Waals surface area contributed by atoms with Crippen molar-refractivity contribution in [2.24, 2.45) is 0 Å². The van der Waals surface area contributed by atoms with Gasteiger partial charge in [-0.1, -0.05) is 29.8 Å². The van der Waals surface area contributed by atoms with E-state index in [1.54, 1.807) is 0 Å². The summed E-state index contributed by atoms with van der Waals surface area (Å²) in [7, 11) is 0. The Morgan fingerprint density at radius 3 is 2.25 bits per heavy atom. The highest BCUT2D eigenvalue weighted by Gasteiger charge is 2.20. The standard InChI is InChI=1S/C14H22N2/c1-11-4-6-14(7-5-11)10-16-8-12(2)15-13(3)9-16/h4-7,12-13,15H,8-10H2,1-3H3. The van der Waals surface area contributed by atoms with Crippen molar-refractivity contribution in [3.8, 4) is 0 Å². The first-order valence-corrected chi connectivity index (χ1v) is 6.17. The average molecular weight is 218 g/mol. The van der Waals surface area contributed by atoms with E-state index in [0.29, 0.717) is 12.1 Å². The van der Waals surface area contributed by atoms with Crippen LogP contribution in [0.3, 0.4) is 0 Å². The van der Waals surface area contributed by atoms with Gasteiger partial charge in [-0.2, -0.15) is 0 Å². The predicted octanol–water partition coefficient (Wildman–Crippen LogP) is 2.18. The quantitative estimate of drug-likeness (QED) is 0.818. The summed E-state index contributed by atoms with van der Waals surface area (Å²) in [5.41, 5.74) is 2.76. The van der Waals surface area contributed by atoms with Gasteiger partial charge in [0, 0.05) is 31.7 Å². The molecular weight excluding hydrogens is 196 g/mol. The summed E-state index contributed by atoms with van der Waals surface area (Å²) in [6.07, 6.45) is 0. The molecule has 2 unspecified atom stereocenters. The highest BCUT2D eigenvalue weighted by Crippen LogP contribution is 2.10. The normalized spacial score (nSPS) is 26.9. The minimum absolute atomic E-state index is 0.606. The SMILES string of the molecule is Cc1ccc(CN2CC(C)NC(C)C2)cc1. The third kappa shape index (κ3) is 3.06. The van der Waals surface area contributed by atoms with Crippen LogP contribution in [-0.2, 0) is 6.54 Å². The van der Waals surface area contributed by atoms with Crippen molar-refractivity contribution in [2.75, 3.05) is 13.1 Å². The summed E-state index contributed by atoms with van der Waals surface area (Å²) in [6, 6.07) is 10.1. The Morgan fingerprint density at radius 2 is 1.69 bits per heavy atom. The lowest BCUT2D eigenvalue weighted by molar-refractivity contribution is 0.166. The van der Waals surface area contributed by atoms with Crippen LogP contribution in [0, 0.1) is 6.92 Å². The third-order valence-corrected chi connectivity index (χ3v) is 3.16. The summed E-state index contributed by atoms with van der Waals surface area (Å²) in [5.74, 6) is 0. The first-order chi connectivity index (χ1) is 7.63. The van der Waals surface area contributed by atoms with Crippen molar-refractivity contribution in [1.29, 1.82) is 0 Å². The average Bonchev–Trinajstić information content (AvgIpc) is 2.20. The van der Waals surface area contributed by atoms with Crippen LogP contribution < -0.4 is 5.32 Å². The Kier molecular flexibility index (Phi) is 3.62. The smallest absolute Gasteiger partial charge is 0.0235 e. The summed E-state index contributed by atoms with van der Waals surface area (Å²) < 4.78 is 0. The first kappa shape index (κ1) is 11.6. The molecule has 88 valence electrons. The Bertz CT molecular complexity index is 321. The molecule has 0 radical (unpaired) electrons. The zero-order chi connectivity index (χ0) is 11.5. The zero-order valence-corrected chi connectivity index (χ0v) is 10.5. The number of nitrogens with one attached hydrogen (secondary N) is 1. The molecular formula is C14H22N2. The van der Waals surface area contributed by atoms with Gasteiger partial charge < -0.3 is 5.32 Å². The van der Waals surface area contributed by atoms with Gasteiger partial charge in [0.05, 0.1) is 0 Å². The van der Waals surface area contributed by atoms with E-state index in [4.69, 9.17) is 0 Å². The van der Waals surface area contributed by atoms with Gasteiger partial charge in [0.2, 0.25) is 0 Å². The summed E-state index contributed by atoms with van der Waals surface area (Å²) in [5, 5.41) is 3.56. The molecule has 2 atom stereocenters. The Morgan fingerprint density at radius 1 is 1.12 bits per heavy atom. The number of nitrogens with zero attached hydrogens (tertiary/aromatic N) is 1. The maximum Gasteiger partial charge on any atom is 0.0235 e. The summed E-state index contributed by atoms with van der Waals surface area (Å²) in [6.45, 7) is 10.0. The molecule has 0 aromatic heterocycles. The number of benzene rings is 1. The monoisotopic (exact) mass is 218 g/mol. The molecule has 1 N–H and O–H groups in total. The predicted molar refractivity (Wildman–Crippen MR) is 68.5 cm³/mol. The number of rotatable bonds is 2. The Labute approximate surface area is 98.7 Å². The molecule has 2 heteroatoms. The highest BCUT2D eigenvalue weighted by atomic mass is 15.2. The third-order valence-electron chi connectivity index (χ3n) is 3.16. The van der Waals surface area contributed by atoms with Gasteiger partial charge >= 0.3 is 0 Å². The van der Waals surface area contributed by atoms with Crippen LogP contribution in [0.1, 0.15) is 25.0 Å². The lowest BCUT2D eigenvalue weighted by atomic mass is 10.1. The van der Waals surface area contributed by atoms with Crippen molar-refractivity contribution in [1.82, 2.24) is 10.2 Å². The summed E-state index contributed by atoms with van der Waals surface area (Å²) in [4.78, 5) is 2.54. The molecule has 0 amide bonds. The van der Waals surface area contributed by atoms with E-state index in [1.165, 1.54) is 11.1 Å². The summed E-state index contributed by atoms with van der Waals surface area (Å²) >= 11 is 0. The van der Waals surface area contributed by atoms with Crippen molar-refractivity contribution in [3.63, 3.8) is 0 Å². The van der Waals surface area contributed by atoms with Crippen LogP contribution in [0.15, 0.2) is 24.3 Å². The molecule has 2 nitrogen and oxygen atoms in total. The molecule has 1 aromatic rings. The lowest BCUT2D eigenvalue weighted by Gasteiger charge is -2.36. The van der Waals surface area contributed by atoms with E-state index in [-0.39, 0.29) is 0 Å². The largest absolute Gasteiger partial charge is 0.309 e. The van der Waals surface area contributed by atoms with E-state index in [2.05, 4.69) is 55.3 Å². The molecule has 0 saturated carbocycles. The van der Waals surface area contributed by atoms with Crippen molar-refractivity contribution in [2.45, 2.75) is 39.4 Å². The zero-order valence-electron chi connectivity index (χ0n) is 10.5. The van der Waals surface area contributed by atoms with E-state index >= 15 is 0 Å². The van der Waals surface area contributed by atoms with Crippen LogP contribution in [0.2, 0.25) is 0 Å². The highest BCUT2D eigenvalue weighted by molar-refractivity contribution is 5.21. The fourth-order valence-electron chi connectivity index (χ4n) is 2.52. The topological polar surface area (TPSA) is 15.3 Å². The van der Waals surface area contributed by atoms with Crippen LogP contribution in [0.4, 0.5) is 0 Å². The van der Waals surface area contributed by atoms with Crippen LogP contribution in [-0.4, -0.2) is 30.1 Å². The van der Waals surface area contributed by atoms with Crippen LogP contribution in [0.5, 0.6) is 0 Å². The number of hydrogen-bond donors (Lipinski definition) is 1. The fraction of sp³-hybridized carbons (Fsp3) is 0.571. The molecule has 0 bridgehead atoms.